The first-order valence-electron chi connectivity index (χ1n) is 8.54. The number of likely N-dealkylation sites (tertiary alicyclic amines) is 1. The summed E-state index contributed by atoms with van der Waals surface area (Å²) < 4.78 is 34.0. The van der Waals surface area contributed by atoms with Gasteiger partial charge in [0.15, 0.2) is 0 Å². The molecule has 1 N–H and O–H groups in total. The molecule has 1 atom stereocenters. The molecule has 6 nitrogen and oxygen atoms in total. The van der Waals surface area contributed by atoms with Crippen LogP contribution in [0.5, 0.6) is 5.75 Å². The molecule has 2 aliphatic rings. The van der Waals surface area contributed by atoms with Crippen LogP contribution >= 0.6 is 11.6 Å². The molecule has 3 rings (SSSR count). The van der Waals surface area contributed by atoms with Crippen LogP contribution in [0, 0.1) is 5.92 Å². The number of rotatable bonds is 7. The van der Waals surface area contributed by atoms with Crippen LogP contribution in [0.4, 0.5) is 0 Å². The Hall–Kier alpha value is -1.31. The minimum Gasteiger partial charge on any atom is -0.492 e. The highest BCUT2D eigenvalue weighted by atomic mass is 35.5. The van der Waals surface area contributed by atoms with E-state index in [1.807, 2.05) is 0 Å². The summed E-state index contributed by atoms with van der Waals surface area (Å²) in [5.41, 5.74) is 0. The fourth-order valence-corrected chi connectivity index (χ4v) is 4.61. The molecule has 1 unspecified atom stereocenters. The Labute approximate surface area is 153 Å². The van der Waals surface area contributed by atoms with Crippen LogP contribution < -0.4 is 9.46 Å². The molecule has 1 amide bonds. The smallest absolute Gasteiger partial charge is 0.244 e. The average Bonchev–Trinajstić information content (AvgIpc) is 3.36. The van der Waals surface area contributed by atoms with Gasteiger partial charge < -0.3 is 9.64 Å². The third-order valence-electron chi connectivity index (χ3n) is 4.62. The Bertz CT molecular complexity index is 749. The number of ether oxygens (including phenoxy) is 1. The SMILES string of the molecule is CN1CC(NS(=O)(=O)c2cc(Cl)ccc2OCCC2CC2)CCC1=O. The van der Waals surface area contributed by atoms with Crippen molar-refractivity contribution in [3.8, 4) is 5.75 Å². The second kappa shape index (κ2) is 7.51. The highest BCUT2D eigenvalue weighted by Gasteiger charge is 2.29. The van der Waals surface area contributed by atoms with Crippen molar-refractivity contribution in [3.63, 3.8) is 0 Å². The second-order valence-electron chi connectivity index (χ2n) is 6.80. The maximum absolute atomic E-state index is 12.8. The van der Waals surface area contributed by atoms with E-state index in [0.717, 1.165) is 6.42 Å². The summed E-state index contributed by atoms with van der Waals surface area (Å²) in [6, 6.07) is 4.32. The van der Waals surface area contributed by atoms with Gasteiger partial charge in [-0.15, -0.1) is 0 Å². The lowest BCUT2D eigenvalue weighted by atomic mass is 10.1. The second-order valence-corrected chi connectivity index (χ2v) is 8.92. The number of nitrogens with zero attached hydrogens (tertiary/aromatic N) is 1. The summed E-state index contributed by atoms with van der Waals surface area (Å²) >= 11 is 6.00. The van der Waals surface area contributed by atoms with Gasteiger partial charge in [-0.05, 0) is 37.0 Å². The van der Waals surface area contributed by atoms with Crippen molar-refractivity contribution in [2.45, 2.75) is 43.0 Å². The van der Waals surface area contributed by atoms with Crippen LogP contribution in [-0.2, 0) is 14.8 Å². The van der Waals surface area contributed by atoms with E-state index in [0.29, 0.717) is 42.7 Å². The molecule has 1 heterocycles. The number of halogens is 1. The topological polar surface area (TPSA) is 75.7 Å². The first-order valence-corrected chi connectivity index (χ1v) is 10.4. The van der Waals surface area contributed by atoms with Gasteiger partial charge in [0.1, 0.15) is 10.6 Å². The molecule has 0 bridgehead atoms. The summed E-state index contributed by atoms with van der Waals surface area (Å²) in [5.74, 6) is 1.06. The van der Waals surface area contributed by atoms with Gasteiger partial charge in [0, 0.05) is 31.1 Å². The molecule has 1 aromatic rings. The molecule has 1 saturated heterocycles. The predicted octanol–water partition coefficient (Wildman–Crippen LogP) is 2.42. The van der Waals surface area contributed by atoms with Crippen molar-refractivity contribution in [3.05, 3.63) is 23.2 Å². The van der Waals surface area contributed by atoms with Crippen LogP contribution in [0.3, 0.4) is 0 Å². The fourth-order valence-electron chi connectivity index (χ4n) is 2.94. The third-order valence-corrected chi connectivity index (χ3v) is 6.40. The molecule has 1 saturated carbocycles. The number of benzene rings is 1. The Balaban J connectivity index is 1.73. The molecule has 0 radical (unpaired) electrons. The van der Waals surface area contributed by atoms with Gasteiger partial charge in [0.05, 0.1) is 6.61 Å². The van der Waals surface area contributed by atoms with Gasteiger partial charge in [0.2, 0.25) is 15.9 Å². The minimum absolute atomic E-state index is 0.0299. The predicted molar refractivity (Wildman–Crippen MR) is 95.3 cm³/mol. The lowest BCUT2D eigenvalue weighted by molar-refractivity contribution is -0.132. The van der Waals surface area contributed by atoms with Crippen LogP contribution in [0.1, 0.15) is 32.1 Å². The van der Waals surface area contributed by atoms with Crippen molar-refractivity contribution in [2.24, 2.45) is 5.92 Å². The molecule has 1 aromatic carbocycles. The number of amides is 1. The maximum atomic E-state index is 12.8. The highest BCUT2D eigenvalue weighted by molar-refractivity contribution is 7.89. The molecule has 0 aromatic heterocycles. The molecule has 1 aliphatic heterocycles. The number of likely N-dealkylation sites (N-methyl/N-ethyl adjacent to an activating group) is 1. The molecule has 1 aliphatic carbocycles. The van der Waals surface area contributed by atoms with Gasteiger partial charge in [-0.3, -0.25) is 4.79 Å². The fraction of sp³-hybridized carbons (Fsp3) is 0.588. The monoisotopic (exact) mass is 386 g/mol. The lowest BCUT2D eigenvalue weighted by Crippen LogP contribution is -2.48. The van der Waals surface area contributed by atoms with Crippen molar-refractivity contribution < 1.29 is 17.9 Å². The number of carbonyl (C=O) groups is 1. The van der Waals surface area contributed by atoms with Crippen LogP contribution in [-0.4, -0.2) is 45.5 Å². The van der Waals surface area contributed by atoms with E-state index in [1.54, 1.807) is 24.1 Å². The van der Waals surface area contributed by atoms with Crippen molar-refractivity contribution >= 4 is 27.5 Å². The number of hydrogen-bond donors (Lipinski definition) is 1. The van der Waals surface area contributed by atoms with Crippen molar-refractivity contribution in [2.75, 3.05) is 20.2 Å². The standard InChI is InChI=1S/C17H23ClN2O4S/c1-20-11-14(5-7-17(20)21)19-25(22,23)16-10-13(18)4-6-15(16)24-9-8-12-2-3-12/h4,6,10,12,14,19H,2-3,5,7-9,11H2,1H3. The van der Waals surface area contributed by atoms with E-state index < -0.39 is 10.0 Å². The Morgan fingerprint density at radius 3 is 2.76 bits per heavy atom. The summed E-state index contributed by atoms with van der Waals surface area (Å²) in [6.07, 6.45) is 4.21. The number of carbonyl (C=O) groups excluding carboxylic acids is 1. The van der Waals surface area contributed by atoms with E-state index in [1.165, 1.54) is 18.9 Å². The number of nitrogens with one attached hydrogen (secondary N) is 1. The normalized spacial score (nSPS) is 21.4. The summed E-state index contributed by atoms with van der Waals surface area (Å²) in [4.78, 5) is 13.2. The van der Waals surface area contributed by atoms with Gasteiger partial charge in [0.25, 0.3) is 0 Å². The quantitative estimate of drug-likeness (QED) is 0.780. The first-order chi connectivity index (χ1) is 11.8. The van der Waals surface area contributed by atoms with E-state index in [2.05, 4.69) is 4.72 Å². The Morgan fingerprint density at radius 1 is 1.32 bits per heavy atom. The van der Waals surface area contributed by atoms with Crippen LogP contribution in [0.25, 0.3) is 0 Å². The summed E-state index contributed by atoms with van der Waals surface area (Å²) in [5, 5.41) is 0.339. The van der Waals surface area contributed by atoms with E-state index in [9.17, 15) is 13.2 Å². The van der Waals surface area contributed by atoms with Crippen LogP contribution in [0.15, 0.2) is 23.1 Å². The average molecular weight is 387 g/mol. The highest BCUT2D eigenvalue weighted by Crippen LogP contribution is 2.33. The Morgan fingerprint density at radius 2 is 2.08 bits per heavy atom. The zero-order valence-corrected chi connectivity index (χ0v) is 15.8. The zero-order valence-electron chi connectivity index (χ0n) is 14.2. The van der Waals surface area contributed by atoms with Crippen LogP contribution in [0.2, 0.25) is 5.02 Å². The molecular weight excluding hydrogens is 364 g/mol. The Kier molecular flexibility index (Phi) is 5.55. The number of sulfonamides is 1. The molecule has 8 heteroatoms. The van der Waals surface area contributed by atoms with Gasteiger partial charge in [-0.25, -0.2) is 13.1 Å². The molecule has 2 fully saturated rings. The summed E-state index contributed by atoms with van der Waals surface area (Å²) in [6.45, 7) is 0.853. The molecular formula is C17H23ClN2O4S. The molecule has 0 spiro atoms. The first kappa shape index (κ1) is 18.5. The summed E-state index contributed by atoms with van der Waals surface area (Å²) in [7, 11) is -2.11. The van der Waals surface area contributed by atoms with Gasteiger partial charge in [-0.1, -0.05) is 24.4 Å². The van der Waals surface area contributed by atoms with E-state index in [-0.39, 0.29) is 16.8 Å². The largest absolute Gasteiger partial charge is 0.492 e. The van der Waals surface area contributed by atoms with E-state index >= 15 is 0 Å². The van der Waals surface area contributed by atoms with E-state index in [4.69, 9.17) is 16.3 Å². The van der Waals surface area contributed by atoms with Crippen molar-refractivity contribution in [1.29, 1.82) is 0 Å². The minimum atomic E-state index is -3.79. The van der Waals surface area contributed by atoms with Crippen molar-refractivity contribution in [1.82, 2.24) is 9.62 Å². The zero-order chi connectivity index (χ0) is 18.0. The van der Waals surface area contributed by atoms with Gasteiger partial charge >= 0.3 is 0 Å². The lowest BCUT2D eigenvalue weighted by Gasteiger charge is -2.30. The number of hydrogen-bond acceptors (Lipinski definition) is 4. The third kappa shape index (κ3) is 4.86. The maximum Gasteiger partial charge on any atom is 0.244 e. The van der Waals surface area contributed by atoms with Gasteiger partial charge in [-0.2, -0.15) is 0 Å². The molecule has 25 heavy (non-hydrogen) atoms. The number of piperidine rings is 1. The molecule has 138 valence electrons.